The van der Waals surface area contributed by atoms with Crippen LogP contribution in [0.1, 0.15) is 64.7 Å². The van der Waals surface area contributed by atoms with E-state index in [2.05, 4.69) is 5.32 Å². The Morgan fingerprint density at radius 3 is 2.60 bits per heavy atom. The summed E-state index contributed by atoms with van der Waals surface area (Å²) in [7, 11) is 1.74. The Morgan fingerprint density at radius 2 is 1.95 bits per heavy atom. The summed E-state index contributed by atoms with van der Waals surface area (Å²) >= 11 is 0. The molecule has 0 aromatic rings. The summed E-state index contributed by atoms with van der Waals surface area (Å²) in [6, 6.07) is 0.462. The van der Waals surface area contributed by atoms with Crippen LogP contribution in [0.5, 0.6) is 0 Å². The number of carbonyl (C=O) groups is 1. The van der Waals surface area contributed by atoms with E-state index in [-0.39, 0.29) is 12.1 Å². The lowest BCUT2D eigenvalue weighted by atomic mass is 9.78. The number of methoxy groups -OCH3 is 1. The van der Waals surface area contributed by atoms with Gasteiger partial charge in [-0.25, -0.2) is 0 Å². The van der Waals surface area contributed by atoms with Crippen LogP contribution in [0.4, 0.5) is 0 Å². The van der Waals surface area contributed by atoms with E-state index >= 15 is 0 Å². The SMILES string of the molecule is CCOC(=O)C1(NC2CCCCC2)CCCC(OC)C1. The van der Waals surface area contributed by atoms with Crippen molar-refractivity contribution in [2.45, 2.75) is 82.4 Å². The first-order valence-corrected chi connectivity index (χ1v) is 8.18. The molecule has 0 radical (unpaired) electrons. The van der Waals surface area contributed by atoms with Crippen LogP contribution in [0.3, 0.4) is 0 Å². The molecule has 0 aromatic carbocycles. The third kappa shape index (κ3) is 3.73. The molecule has 20 heavy (non-hydrogen) atoms. The van der Waals surface area contributed by atoms with Crippen molar-refractivity contribution < 1.29 is 14.3 Å². The molecule has 2 fully saturated rings. The monoisotopic (exact) mass is 283 g/mol. The number of hydrogen-bond donors (Lipinski definition) is 1. The molecule has 0 heterocycles. The van der Waals surface area contributed by atoms with Crippen LogP contribution in [-0.2, 0) is 14.3 Å². The van der Waals surface area contributed by atoms with Crippen LogP contribution in [0, 0.1) is 0 Å². The van der Waals surface area contributed by atoms with Gasteiger partial charge in [0.15, 0.2) is 0 Å². The molecule has 2 aliphatic rings. The Kier molecular flexibility index (Phi) is 5.85. The molecule has 2 saturated carbocycles. The zero-order valence-corrected chi connectivity index (χ0v) is 13.0. The molecule has 0 aromatic heterocycles. The van der Waals surface area contributed by atoms with Crippen molar-refractivity contribution in [3.8, 4) is 0 Å². The number of esters is 1. The average Bonchev–Trinajstić information content (AvgIpc) is 2.48. The van der Waals surface area contributed by atoms with Gasteiger partial charge in [0.2, 0.25) is 0 Å². The highest BCUT2D eigenvalue weighted by Crippen LogP contribution is 2.33. The van der Waals surface area contributed by atoms with Gasteiger partial charge >= 0.3 is 5.97 Å². The molecule has 0 spiro atoms. The minimum Gasteiger partial charge on any atom is -0.465 e. The van der Waals surface area contributed by atoms with Gasteiger partial charge in [0.1, 0.15) is 5.54 Å². The maximum atomic E-state index is 12.5. The fourth-order valence-electron chi connectivity index (χ4n) is 3.71. The van der Waals surface area contributed by atoms with Gasteiger partial charge in [0.05, 0.1) is 12.7 Å². The Labute approximate surface area is 122 Å². The summed E-state index contributed by atoms with van der Waals surface area (Å²) in [6.07, 6.45) is 10.1. The molecule has 116 valence electrons. The third-order valence-electron chi connectivity index (χ3n) is 4.79. The van der Waals surface area contributed by atoms with Crippen LogP contribution in [0.15, 0.2) is 0 Å². The van der Waals surface area contributed by atoms with Gasteiger partial charge in [0, 0.05) is 19.6 Å². The van der Waals surface area contributed by atoms with E-state index in [1.165, 1.54) is 32.1 Å². The van der Waals surface area contributed by atoms with Crippen LogP contribution >= 0.6 is 0 Å². The molecule has 0 aliphatic heterocycles. The summed E-state index contributed by atoms with van der Waals surface area (Å²) in [4.78, 5) is 12.5. The van der Waals surface area contributed by atoms with E-state index in [0.717, 1.165) is 25.7 Å². The fraction of sp³-hybridized carbons (Fsp3) is 0.938. The maximum Gasteiger partial charge on any atom is 0.326 e. The zero-order valence-electron chi connectivity index (χ0n) is 13.0. The standard InChI is InChI=1S/C16H29NO3/c1-3-20-15(18)16(11-7-10-14(12-16)19-2)17-13-8-5-4-6-9-13/h13-14,17H,3-12H2,1-2H3. The number of carbonyl (C=O) groups excluding carboxylic acids is 1. The largest absolute Gasteiger partial charge is 0.465 e. The average molecular weight is 283 g/mol. The Balaban J connectivity index is 2.07. The summed E-state index contributed by atoms with van der Waals surface area (Å²) in [5.74, 6) is -0.0766. The minimum atomic E-state index is -0.517. The first-order valence-electron chi connectivity index (χ1n) is 8.18. The lowest BCUT2D eigenvalue weighted by Crippen LogP contribution is -2.60. The second-order valence-corrected chi connectivity index (χ2v) is 6.24. The van der Waals surface area contributed by atoms with E-state index in [1.807, 2.05) is 6.92 Å². The number of hydrogen-bond acceptors (Lipinski definition) is 4. The number of ether oxygens (including phenoxy) is 2. The van der Waals surface area contributed by atoms with Gasteiger partial charge in [0.25, 0.3) is 0 Å². The molecule has 2 rings (SSSR count). The van der Waals surface area contributed by atoms with Crippen molar-refractivity contribution >= 4 is 5.97 Å². The predicted molar refractivity (Wildman–Crippen MR) is 78.6 cm³/mol. The second-order valence-electron chi connectivity index (χ2n) is 6.24. The van der Waals surface area contributed by atoms with Crippen LogP contribution in [0.2, 0.25) is 0 Å². The molecule has 2 unspecified atom stereocenters. The topological polar surface area (TPSA) is 47.6 Å². The van der Waals surface area contributed by atoms with Crippen molar-refractivity contribution in [2.24, 2.45) is 0 Å². The molecule has 2 aliphatic carbocycles. The maximum absolute atomic E-state index is 12.5. The van der Waals surface area contributed by atoms with E-state index in [4.69, 9.17) is 9.47 Å². The van der Waals surface area contributed by atoms with Crippen LogP contribution in [0.25, 0.3) is 0 Å². The smallest absolute Gasteiger partial charge is 0.326 e. The van der Waals surface area contributed by atoms with Crippen molar-refractivity contribution in [3.05, 3.63) is 0 Å². The highest BCUT2D eigenvalue weighted by atomic mass is 16.5. The second kappa shape index (κ2) is 7.41. The van der Waals surface area contributed by atoms with Crippen LogP contribution < -0.4 is 5.32 Å². The molecule has 4 heteroatoms. The van der Waals surface area contributed by atoms with E-state index < -0.39 is 5.54 Å². The highest BCUT2D eigenvalue weighted by Gasteiger charge is 2.45. The third-order valence-corrected chi connectivity index (χ3v) is 4.79. The van der Waals surface area contributed by atoms with Gasteiger partial charge < -0.3 is 9.47 Å². The number of rotatable bonds is 5. The fourth-order valence-corrected chi connectivity index (χ4v) is 3.71. The quantitative estimate of drug-likeness (QED) is 0.788. The first-order chi connectivity index (χ1) is 9.70. The summed E-state index contributed by atoms with van der Waals surface area (Å²) in [5, 5.41) is 3.67. The first kappa shape index (κ1) is 15.8. The summed E-state index contributed by atoms with van der Waals surface area (Å²) in [5.41, 5.74) is -0.517. The molecular formula is C16H29NO3. The van der Waals surface area contributed by atoms with Crippen molar-refractivity contribution in [2.75, 3.05) is 13.7 Å². The molecule has 0 bridgehead atoms. The molecular weight excluding hydrogens is 254 g/mol. The molecule has 2 atom stereocenters. The zero-order chi connectivity index (χ0) is 14.4. The molecule has 0 amide bonds. The Morgan fingerprint density at radius 1 is 1.20 bits per heavy atom. The Hall–Kier alpha value is -0.610. The van der Waals surface area contributed by atoms with Gasteiger partial charge in [-0.2, -0.15) is 0 Å². The van der Waals surface area contributed by atoms with Gasteiger partial charge in [-0.3, -0.25) is 10.1 Å². The van der Waals surface area contributed by atoms with Gasteiger partial charge in [-0.15, -0.1) is 0 Å². The van der Waals surface area contributed by atoms with Crippen molar-refractivity contribution in [1.82, 2.24) is 5.32 Å². The van der Waals surface area contributed by atoms with Crippen molar-refractivity contribution in [3.63, 3.8) is 0 Å². The van der Waals surface area contributed by atoms with Crippen molar-refractivity contribution in [1.29, 1.82) is 0 Å². The summed E-state index contributed by atoms with van der Waals surface area (Å²) < 4.78 is 10.9. The van der Waals surface area contributed by atoms with Crippen LogP contribution in [-0.4, -0.2) is 37.4 Å². The van der Waals surface area contributed by atoms with E-state index in [0.29, 0.717) is 12.6 Å². The van der Waals surface area contributed by atoms with E-state index in [9.17, 15) is 4.79 Å². The lowest BCUT2D eigenvalue weighted by molar-refractivity contribution is -0.155. The highest BCUT2D eigenvalue weighted by molar-refractivity contribution is 5.81. The summed E-state index contributed by atoms with van der Waals surface area (Å²) in [6.45, 7) is 2.33. The predicted octanol–water partition coefficient (Wildman–Crippen LogP) is 2.80. The molecule has 4 nitrogen and oxygen atoms in total. The normalized spacial score (nSPS) is 32.0. The molecule has 1 N–H and O–H groups in total. The minimum absolute atomic E-state index is 0.0766. The van der Waals surface area contributed by atoms with Gasteiger partial charge in [-0.05, 0) is 39.0 Å². The van der Waals surface area contributed by atoms with Gasteiger partial charge in [-0.1, -0.05) is 19.3 Å². The van der Waals surface area contributed by atoms with E-state index in [1.54, 1.807) is 7.11 Å². The Bertz CT molecular complexity index is 315. The number of nitrogens with one attached hydrogen (secondary N) is 1. The molecule has 0 saturated heterocycles. The lowest BCUT2D eigenvalue weighted by Gasteiger charge is -2.42.